The first-order chi connectivity index (χ1) is 15.0. The topological polar surface area (TPSA) is 45.7 Å². The Balaban J connectivity index is 1.35. The van der Waals surface area contributed by atoms with E-state index in [-0.39, 0.29) is 5.91 Å². The molecule has 4 aromatic rings. The van der Waals surface area contributed by atoms with E-state index in [0.717, 1.165) is 34.5 Å². The molecule has 0 spiro atoms. The van der Waals surface area contributed by atoms with Crippen LogP contribution >= 0.6 is 11.3 Å². The molecule has 1 aromatic heterocycles. The van der Waals surface area contributed by atoms with Crippen LogP contribution in [-0.2, 0) is 0 Å². The normalized spacial score (nSPS) is 14.4. The highest BCUT2D eigenvalue weighted by Gasteiger charge is 2.26. The molecular weight excluding hydrogens is 406 g/mol. The predicted molar refractivity (Wildman–Crippen MR) is 128 cm³/mol. The van der Waals surface area contributed by atoms with Gasteiger partial charge in [0.1, 0.15) is 5.75 Å². The van der Waals surface area contributed by atoms with Crippen LogP contribution in [0.5, 0.6) is 5.75 Å². The van der Waals surface area contributed by atoms with Crippen molar-refractivity contribution in [2.75, 3.05) is 38.2 Å². The fourth-order valence-electron chi connectivity index (χ4n) is 4.18. The van der Waals surface area contributed by atoms with Gasteiger partial charge in [-0.2, -0.15) is 0 Å². The summed E-state index contributed by atoms with van der Waals surface area (Å²) < 4.78 is 6.76. The number of piperazine rings is 1. The number of methoxy groups -OCH3 is 1. The van der Waals surface area contributed by atoms with Crippen molar-refractivity contribution in [3.05, 3.63) is 65.2 Å². The van der Waals surface area contributed by atoms with Gasteiger partial charge in [0, 0.05) is 26.2 Å². The first kappa shape index (κ1) is 19.8. The molecule has 6 heteroatoms. The third-order valence-electron chi connectivity index (χ3n) is 6.21. The lowest BCUT2D eigenvalue weighted by Crippen LogP contribution is -2.48. The van der Waals surface area contributed by atoms with Gasteiger partial charge in [0.2, 0.25) is 0 Å². The highest BCUT2D eigenvalue weighted by Crippen LogP contribution is 2.33. The quantitative estimate of drug-likeness (QED) is 0.456. The van der Waals surface area contributed by atoms with Crippen LogP contribution in [0.25, 0.3) is 21.0 Å². The molecule has 5 nitrogen and oxygen atoms in total. The van der Waals surface area contributed by atoms with Crippen LogP contribution in [0.2, 0.25) is 0 Å². The minimum atomic E-state index is 0.0259. The second-order valence-electron chi connectivity index (χ2n) is 8.03. The third kappa shape index (κ3) is 3.51. The first-order valence-corrected chi connectivity index (χ1v) is 11.3. The zero-order valence-corrected chi connectivity index (χ0v) is 18.8. The van der Waals surface area contributed by atoms with Crippen LogP contribution in [0.3, 0.4) is 0 Å². The van der Waals surface area contributed by atoms with Gasteiger partial charge < -0.3 is 14.5 Å². The Kier molecular flexibility index (Phi) is 5.02. The Morgan fingerprint density at radius 3 is 2.42 bits per heavy atom. The molecular formula is C25H25N3O2S. The standard InChI is InChI=1S/C25H25N3O2S/c1-16-8-9-22-23(17(16)2)26-25(31-22)28-12-10-27(11-13-28)24(29)20-14-18-6-4-5-7-19(18)15-21(20)30-3/h4-9,14-15H,10-13H2,1-3H3. The summed E-state index contributed by atoms with van der Waals surface area (Å²) >= 11 is 1.73. The number of thiazole rings is 1. The van der Waals surface area contributed by atoms with Gasteiger partial charge in [0.05, 0.1) is 22.9 Å². The van der Waals surface area contributed by atoms with Crippen LogP contribution in [0.15, 0.2) is 48.5 Å². The Hall–Kier alpha value is -3.12. The van der Waals surface area contributed by atoms with E-state index in [2.05, 4.69) is 30.9 Å². The van der Waals surface area contributed by atoms with Gasteiger partial charge in [-0.3, -0.25) is 4.79 Å². The summed E-state index contributed by atoms with van der Waals surface area (Å²) in [4.78, 5) is 22.4. The predicted octanol–water partition coefficient (Wildman–Crippen LogP) is 5.04. The molecule has 0 saturated carbocycles. The van der Waals surface area contributed by atoms with Crippen molar-refractivity contribution in [2.24, 2.45) is 0 Å². The summed E-state index contributed by atoms with van der Waals surface area (Å²) in [6.07, 6.45) is 0. The number of rotatable bonds is 3. The van der Waals surface area contributed by atoms with Crippen molar-refractivity contribution in [1.29, 1.82) is 0 Å². The average Bonchev–Trinajstić information content (AvgIpc) is 3.25. The first-order valence-electron chi connectivity index (χ1n) is 10.5. The minimum absolute atomic E-state index is 0.0259. The minimum Gasteiger partial charge on any atom is -0.496 e. The van der Waals surface area contributed by atoms with Crippen molar-refractivity contribution in [2.45, 2.75) is 13.8 Å². The summed E-state index contributed by atoms with van der Waals surface area (Å²) in [5, 5.41) is 3.16. The number of benzene rings is 3. The third-order valence-corrected chi connectivity index (χ3v) is 7.29. The summed E-state index contributed by atoms with van der Waals surface area (Å²) in [7, 11) is 1.62. The number of aromatic nitrogens is 1. The zero-order chi connectivity index (χ0) is 21.5. The van der Waals surface area contributed by atoms with Crippen molar-refractivity contribution >= 4 is 43.4 Å². The largest absolute Gasteiger partial charge is 0.496 e. The van der Waals surface area contributed by atoms with Gasteiger partial charge in [0.25, 0.3) is 5.91 Å². The molecule has 1 aliphatic rings. The van der Waals surface area contributed by atoms with Crippen LogP contribution in [0.4, 0.5) is 5.13 Å². The Labute approximate surface area is 185 Å². The van der Waals surface area contributed by atoms with E-state index in [1.807, 2.05) is 41.3 Å². The Morgan fingerprint density at radius 2 is 1.71 bits per heavy atom. The van der Waals surface area contributed by atoms with Crippen LogP contribution < -0.4 is 9.64 Å². The molecule has 0 aliphatic carbocycles. The number of amides is 1. The molecule has 5 rings (SSSR count). The molecule has 158 valence electrons. The van der Waals surface area contributed by atoms with E-state index >= 15 is 0 Å². The van der Waals surface area contributed by atoms with Crippen LogP contribution in [0.1, 0.15) is 21.5 Å². The highest BCUT2D eigenvalue weighted by molar-refractivity contribution is 7.22. The number of fused-ring (bicyclic) bond motifs is 2. The maximum atomic E-state index is 13.3. The maximum absolute atomic E-state index is 13.3. The number of hydrogen-bond acceptors (Lipinski definition) is 5. The summed E-state index contributed by atoms with van der Waals surface area (Å²) in [6.45, 7) is 7.15. The highest BCUT2D eigenvalue weighted by atomic mass is 32.1. The zero-order valence-electron chi connectivity index (χ0n) is 18.0. The molecule has 1 saturated heterocycles. The molecule has 0 radical (unpaired) electrons. The number of hydrogen-bond donors (Lipinski definition) is 0. The van der Waals surface area contributed by atoms with Gasteiger partial charge in [-0.1, -0.05) is 41.7 Å². The SMILES string of the molecule is COc1cc2ccccc2cc1C(=O)N1CCN(c2nc3c(C)c(C)ccc3s2)CC1. The van der Waals surface area contributed by atoms with Gasteiger partial charge in [-0.05, 0) is 53.9 Å². The summed E-state index contributed by atoms with van der Waals surface area (Å²) in [5.74, 6) is 0.654. The number of carbonyl (C=O) groups excluding carboxylic acids is 1. The number of aryl methyl sites for hydroxylation is 2. The van der Waals surface area contributed by atoms with Crippen molar-refractivity contribution in [1.82, 2.24) is 9.88 Å². The van der Waals surface area contributed by atoms with Gasteiger partial charge in [0.15, 0.2) is 5.13 Å². The monoisotopic (exact) mass is 431 g/mol. The fraction of sp³-hybridized carbons (Fsp3) is 0.280. The van der Waals surface area contributed by atoms with E-state index in [9.17, 15) is 4.79 Å². The lowest BCUT2D eigenvalue weighted by Gasteiger charge is -2.34. The molecule has 0 N–H and O–H groups in total. The van der Waals surface area contributed by atoms with E-state index < -0.39 is 0 Å². The van der Waals surface area contributed by atoms with Crippen molar-refractivity contribution in [3.63, 3.8) is 0 Å². The number of anilines is 1. The van der Waals surface area contributed by atoms with Crippen LogP contribution in [-0.4, -0.2) is 49.1 Å². The van der Waals surface area contributed by atoms with Crippen LogP contribution in [0, 0.1) is 13.8 Å². The fourth-order valence-corrected chi connectivity index (χ4v) is 5.25. The lowest BCUT2D eigenvalue weighted by atomic mass is 10.0. The Morgan fingerprint density at radius 1 is 1.00 bits per heavy atom. The summed E-state index contributed by atoms with van der Waals surface area (Å²) in [6, 6.07) is 16.3. The molecule has 1 amide bonds. The number of ether oxygens (including phenoxy) is 1. The van der Waals surface area contributed by atoms with Crippen molar-refractivity contribution < 1.29 is 9.53 Å². The number of carbonyl (C=O) groups is 1. The second-order valence-corrected chi connectivity index (χ2v) is 9.04. The number of nitrogens with zero attached hydrogens (tertiary/aromatic N) is 3. The van der Waals surface area contributed by atoms with Crippen molar-refractivity contribution in [3.8, 4) is 5.75 Å². The van der Waals surface area contributed by atoms with E-state index in [4.69, 9.17) is 9.72 Å². The van der Waals surface area contributed by atoms with E-state index in [1.54, 1.807) is 18.4 Å². The molecule has 0 unspecified atom stereocenters. The molecule has 2 heterocycles. The van der Waals surface area contributed by atoms with Gasteiger partial charge in [-0.25, -0.2) is 4.98 Å². The molecule has 0 atom stereocenters. The van der Waals surface area contributed by atoms with E-state index in [1.165, 1.54) is 15.8 Å². The molecule has 1 aliphatic heterocycles. The Bertz CT molecular complexity index is 1290. The average molecular weight is 432 g/mol. The smallest absolute Gasteiger partial charge is 0.257 e. The molecule has 0 bridgehead atoms. The van der Waals surface area contributed by atoms with E-state index in [0.29, 0.717) is 24.4 Å². The molecule has 3 aromatic carbocycles. The molecule has 31 heavy (non-hydrogen) atoms. The molecule has 1 fully saturated rings. The van der Waals surface area contributed by atoms with Gasteiger partial charge >= 0.3 is 0 Å². The lowest BCUT2D eigenvalue weighted by molar-refractivity contribution is 0.0743. The van der Waals surface area contributed by atoms with Gasteiger partial charge in [-0.15, -0.1) is 0 Å². The summed E-state index contributed by atoms with van der Waals surface area (Å²) in [5.41, 5.74) is 4.24. The second kappa shape index (κ2) is 7.85. The maximum Gasteiger partial charge on any atom is 0.257 e.